The molecule has 0 aliphatic carbocycles. The van der Waals surface area contributed by atoms with Crippen LogP contribution >= 0.6 is 15.9 Å². The van der Waals surface area contributed by atoms with Gasteiger partial charge >= 0.3 is 0 Å². The fourth-order valence-electron chi connectivity index (χ4n) is 3.87. The Morgan fingerprint density at radius 3 is 2.52 bits per heavy atom. The van der Waals surface area contributed by atoms with Gasteiger partial charge in [0, 0.05) is 35.2 Å². The van der Waals surface area contributed by atoms with Gasteiger partial charge in [-0.05, 0) is 62.6 Å². The maximum Gasteiger partial charge on any atom is 0.251 e. The molecule has 0 saturated carbocycles. The first-order valence-electron chi connectivity index (χ1n) is 9.84. The molecule has 1 saturated heterocycles. The first kappa shape index (κ1) is 20.0. The van der Waals surface area contributed by atoms with E-state index in [4.69, 9.17) is 4.74 Å². The van der Waals surface area contributed by atoms with Crippen molar-refractivity contribution in [3.8, 4) is 0 Å². The minimum Gasteiger partial charge on any atom is -0.381 e. The summed E-state index contributed by atoms with van der Waals surface area (Å²) in [6.07, 6.45) is 1.76. The van der Waals surface area contributed by atoms with E-state index < -0.39 is 0 Å². The van der Waals surface area contributed by atoms with E-state index in [9.17, 15) is 4.79 Å². The fraction of sp³-hybridized carbons (Fsp3) is 0.348. The summed E-state index contributed by atoms with van der Waals surface area (Å²) in [6, 6.07) is 13.9. The third kappa shape index (κ3) is 4.19. The Balaban J connectivity index is 1.57. The van der Waals surface area contributed by atoms with E-state index in [1.165, 1.54) is 5.56 Å². The summed E-state index contributed by atoms with van der Waals surface area (Å²) in [7, 11) is 0. The van der Waals surface area contributed by atoms with Crippen molar-refractivity contribution < 1.29 is 9.53 Å². The quantitative estimate of drug-likeness (QED) is 0.631. The molecule has 1 aliphatic rings. The summed E-state index contributed by atoms with van der Waals surface area (Å²) < 4.78 is 6.64. The summed E-state index contributed by atoms with van der Waals surface area (Å²) in [6.45, 7) is 5.85. The molecule has 1 amide bonds. The molecule has 0 spiro atoms. The van der Waals surface area contributed by atoms with Crippen LogP contribution in [0.25, 0.3) is 11.0 Å². The van der Waals surface area contributed by atoms with Crippen molar-refractivity contribution in [3.63, 3.8) is 0 Å². The molecule has 6 heteroatoms. The van der Waals surface area contributed by atoms with Crippen LogP contribution in [-0.4, -0.2) is 35.6 Å². The molecule has 1 fully saturated rings. The normalized spacial score (nSPS) is 16.0. The number of amides is 1. The Morgan fingerprint density at radius 2 is 1.79 bits per heavy atom. The molecular weight excluding hydrogens is 430 g/mol. The number of nitrogens with zero attached hydrogens (tertiary/aromatic N) is 2. The molecule has 5 nitrogen and oxygen atoms in total. The molecule has 3 aromatic rings. The molecule has 150 valence electrons. The highest BCUT2D eigenvalue weighted by molar-refractivity contribution is 9.10. The van der Waals surface area contributed by atoms with E-state index >= 15 is 0 Å². The second-order valence-electron chi connectivity index (χ2n) is 7.68. The lowest BCUT2D eigenvalue weighted by Crippen LogP contribution is -2.44. The average molecular weight is 454 g/mol. The number of carbonyl (C=O) groups is 1. The van der Waals surface area contributed by atoms with Crippen LogP contribution in [0.15, 0.2) is 46.9 Å². The molecular formula is C23H24BrN3O2. The van der Waals surface area contributed by atoms with Crippen molar-refractivity contribution in [2.45, 2.75) is 32.1 Å². The molecule has 1 aromatic heterocycles. The number of aryl methyl sites for hydroxylation is 2. The van der Waals surface area contributed by atoms with Crippen molar-refractivity contribution in [3.05, 3.63) is 69.5 Å². The molecule has 1 aliphatic heterocycles. The number of rotatable bonds is 4. The second-order valence-corrected chi connectivity index (χ2v) is 8.60. The summed E-state index contributed by atoms with van der Waals surface area (Å²) >= 11 is 3.57. The highest BCUT2D eigenvalue weighted by Gasteiger charge is 2.35. The lowest BCUT2D eigenvalue weighted by Gasteiger charge is -2.38. The van der Waals surface area contributed by atoms with Crippen LogP contribution in [-0.2, 0) is 10.2 Å². The minimum atomic E-state index is -0.123. The highest BCUT2D eigenvalue weighted by atomic mass is 79.9. The first-order chi connectivity index (χ1) is 14.0. The number of hydrogen-bond donors (Lipinski definition) is 1. The summed E-state index contributed by atoms with van der Waals surface area (Å²) in [5.74, 6) is -0.0900. The number of benzene rings is 2. The van der Waals surface area contributed by atoms with Gasteiger partial charge in [-0.15, -0.1) is 0 Å². The molecule has 0 bridgehead atoms. The topological polar surface area (TPSA) is 64.1 Å². The third-order valence-electron chi connectivity index (χ3n) is 5.81. The van der Waals surface area contributed by atoms with Gasteiger partial charge in [-0.1, -0.05) is 28.1 Å². The molecule has 0 radical (unpaired) electrons. The van der Waals surface area contributed by atoms with E-state index in [-0.39, 0.29) is 11.3 Å². The van der Waals surface area contributed by atoms with Gasteiger partial charge in [-0.3, -0.25) is 4.79 Å². The molecule has 2 aromatic carbocycles. The lowest BCUT2D eigenvalue weighted by molar-refractivity contribution is 0.0487. The Hall–Kier alpha value is -2.31. The molecule has 1 N–H and O–H groups in total. The maximum absolute atomic E-state index is 12.9. The lowest BCUT2D eigenvalue weighted by atomic mass is 9.74. The molecule has 4 rings (SSSR count). The Labute approximate surface area is 179 Å². The summed E-state index contributed by atoms with van der Waals surface area (Å²) in [4.78, 5) is 22.0. The molecule has 29 heavy (non-hydrogen) atoms. The van der Waals surface area contributed by atoms with Crippen LogP contribution in [0.1, 0.15) is 40.2 Å². The van der Waals surface area contributed by atoms with Crippen LogP contribution in [0, 0.1) is 13.8 Å². The van der Waals surface area contributed by atoms with Crippen molar-refractivity contribution in [1.82, 2.24) is 15.3 Å². The smallest absolute Gasteiger partial charge is 0.251 e. The van der Waals surface area contributed by atoms with Gasteiger partial charge in [0.05, 0.1) is 22.4 Å². The zero-order valence-corrected chi connectivity index (χ0v) is 18.3. The van der Waals surface area contributed by atoms with Crippen LogP contribution in [0.3, 0.4) is 0 Å². The predicted molar refractivity (Wildman–Crippen MR) is 117 cm³/mol. The van der Waals surface area contributed by atoms with E-state index in [0.29, 0.717) is 25.3 Å². The van der Waals surface area contributed by atoms with Crippen molar-refractivity contribution >= 4 is 32.9 Å². The SMILES string of the molecule is Cc1nc2ccc(C(=O)NCC3(c4cccc(Br)c4)CCOCC3)cc2nc1C. The van der Waals surface area contributed by atoms with Gasteiger partial charge in [0.2, 0.25) is 0 Å². The van der Waals surface area contributed by atoms with Gasteiger partial charge in [-0.25, -0.2) is 9.97 Å². The highest BCUT2D eigenvalue weighted by Crippen LogP contribution is 2.35. The second kappa shape index (κ2) is 8.20. The van der Waals surface area contributed by atoms with Crippen LogP contribution in [0.2, 0.25) is 0 Å². The van der Waals surface area contributed by atoms with Gasteiger partial charge in [0.1, 0.15) is 0 Å². The van der Waals surface area contributed by atoms with Crippen LogP contribution in [0.4, 0.5) is 0 Å². The summed E-state index contributed by atoms with van der Waals surface area (Å²) in [5.41, 5.74) is 5.05. The zero-order valence-electron chi connectivity index (χ0n) is 16.7. The number of ether oxygens (including phenoxy) is 1. The van der Waals surface area contributed by atoms with Crippen molar-refractivity contribution in [2.24, 2.45) is 0 Å². The van der Waals surface area contributed by atoms with Gasteiger partial charge in [0.25, 0.3) is 5.91 Å². The largest absolute Gasteiger partial charge is 0.381 e. The van der Waals surface area contributed by atoms with E-state index in [0.717, 1.165) is 39.7 Å². The van der Waals surface area contributed by atoms with Crippen molar-refractivity contribution in [2.75, 3.05) is 19.8 Å². The van der Waals surface area contributed by atoms with Gasteiger partial charge in [-0.2, -0.15) is 0 Å². The minimum absolute atomic E-state index is 0.0900. The molecule has 0 unspecified atom stereocenters. The number of nitrogens with one attached hydrogen (secondary N) is 1. The fourth-order valence-corrected chi connectivity index (χ4v) is 4.27. The number of halogens is 1. The third-order valence-corrected chi connectivity index (χ3v) is 6.31. The van der Waals surface area contributed by atoms with Crippen molar-refractivity contribution in [1.29, 1.82) is 0 Å². The van der Waals surface area contributed by atoms with Gasteiger partial charge in [0.15, 0.2) is 0 Å². The number of aromatic nitrogens is 2. The molecule has 0 atom stereocenters. The Kier molecular flexibility index (Phi) is 5.65. The van der Waals surface area contributed by atoms with Crippen LogP contribution < -0.4 is 5.32 Å². The van der Waals surface area contributed by atoms with E-state index in [1.54, 1.807) is 0 Å². The number of carbonyl (C=O) groups excluding carboxylic acids is 1. The number of hydrogen-bond acceptors (Lipinski definition) is 4. The summed E-state index contributed by atoms with van der Waals surface area (Å²) in [5, 5.41) is 3.16. The predicted octanol–water partition coefficient (Wildman–Crippen LogP) is 4.49. The maximum atomic E-state index is 12.9. The van der Waals surface area contributed by atoms with Crippen LogP contribution in [0.5, 0.6) is 0 Å². The Bertz CT molecular complexity index is 1060. The average Bonchev–Trinajstić information content (AvgIpc) is 2.73. The first-order valence-corrected chi connectivity index (χ1v) is 10.6. The number of fused-ring (bicyclic) bond motifs is 1. The molecule has 2 heterocycles. The zero-order chi connectivity index (χ0) is 20.4. The van der Waals surface area contributed by atoms with Gasteiger partial charge < -0.3 is 10.1 Å². The van der Waals surface area contributed by atoms with E-state index in [1.807, 2.05) is 44.2 Å². The monoisotopic (exact) mass is 453 g/mol. The van der Waals surface area contributed by atoms with E-state index in [2.05, 4.69) is 43.3 Å². The Morgan fingerprint density at radius 1 is 1.07 bits per heavy atom. The standard InChI is InChI=1S/C23H24BrN3O2/c1-15-16(2)27-21-12-17(6-7-20(21)26-15)22(28)25-14-23(8-10-29-11-9-23)18-4-3-5-19(24)13-18/h3-7,12-13H,8-11,14H2,1-2H3,(H,25,28).